The second kappa shape index (κ2) is 4.21. The first-order valence-corrected chi connectivity index (χ1v) is 11.1. The number of benzene rings is 1. The molecule has 0 radical (unpaired) electrons. The van der Waals surface area contributed by atoms with Gasteiger partial charge >= 0.3 is 0 Å². The summed E-state index contributed by atoms with van der Waals surface area (Å²) < 4.78 is 0. The van der Waals surface area contributed by atoms with Gasteiger partial charge in [-0.05, 0) is 41.7 Å². The lowest BCUT2D eigenvalue weighted by atomic mass is 9.63. The Morgan fingerprint density at radius 2 is 1.42 bits per heavy atom. The average Bonchev–Trinajstić information content (AvgIpc) is 2.22. The molecule has 0 aromatic heterocycles. The van der Waals surface area contributed by atoms with E-state index in [0.29, 0.717) is 10.8 Å². The Balaban J connectivity index is 2.83. The van der Waals surface area contributed by atoms with Crippen LogP contribution >= 0.6 is 0 Å². The van der Waals surface area contributed by atoms with Crippen LogP contribution in [0.5, 0.6) is 0 Å². The molecular formula is C18H30Si. The fourth-order valence-electron chi connectivity index (χ4n) is 3.53. The zero-order valence-electron chi connectivity index (χ0n) is 14.1. The van der Waals surface area contributed by atoms with Gasteiger partial charge in [-0.15, -0.1) is 0 Å². The summed E-state index contributed by atoms with van der Waals surface area (Å²) in [5.74, 6) is 0. The summed E-state index contributed by atoms with van der Waals surface area (Å²) in [5.41, 5.74) is 5.44. The minimum absolute atomic E-state index is 0.339. The van der Waals surface area contributed by atoms with Gasteiger partial charge in [-0.1, -0.05) is 70.2 Å². The van der Waals surface area contributed by atoms with E-state index in [9.17, 15) is 0 Å². The van der Waals surface area contributed by atoms with Crippen molar-refractivity contribution >= 4 is 13.3 Å². The lowest BCUT2D eigenvalue weighted by molar-refractivity contribution is 0.333. The third kappa shape index (κ3) is 2.54. The predicted octanol–water partition coefficient (Wildman–Crippen LogP) is 4.89. The van der Waals surface area contributed by atoms with Crippen LogP contribution in [-0.4, -0.2) is 8.07 Å². The molecule has 0 atom stereocenters. The average molecular weight is 275 g/mol. The van der Waals surface area contributed by atoms with Gasteiger partial charge in [0.05, 0.1) is 8.07 Å². The van der Waals surface area contributed by atoms with Crippen molar-refractivity contribution < 1.29 is 0 Å². The summed E-state index contributed by atoms with van der Waals surface area (Å²) in [6.07, 6.45) is 2.62. The van der Waals surface area contributed by atoms with Gasteiger partial charge in [0.25, 0.3) is 0 Å². The van der Waals surface area contributed by atoms with E-state index in [1.54, 1.807) is 16.3 Å². The summed E-state index contributed by atoms with van der Waals surface area (Å²) in [5, 5.41) is 1.69. The van der Waals surface area contributed by atoms with E-state index >= 15 is 0 Å². The summed E-state index contributed by atoms with van der Waals surface area (Å²) in [4.78, 5) is 0. The first-order valence-electron chi connectivity index (χ1n) is 7.61. The van der Waals surface area contributed by atoms with Gasteiger partial charge in [-0.3, -0.25) is 0 Å². The first kappa shape index (κ1) is 14.8. The van der Waals surface area contributed by atoms with Gasteiger partial charge in [0.1, 0.15) is 0 Å². The van der Waals surface area contributed by atoms with Crippen LogP contribution in [-0.2, 0) is 10.8 Å². The van der Waals surface area contributed by atoms with E-state index < -0.39 is 8.07 Å². The highest BCUT2D eigenvalue weighted by Gasteiger charge is 2.40. The normalized spacial score (nSPS) is 21.1. The molecule has 0 aliphatic heterocycles. The number of aryl methyl sites for hydroxylation is 1. The van der Waals surface area contributed by atoms with Crippen LogP contribution in [0.15, 0.2) is 12.1 Å². The van der Waals surface area contributed by atoms with Crippen molar-refractivity contribution in [3.63, 3.8) is 0 Å². The Bertz CT molecular complexity index is 484. The molecule has 0 nitrogen and oxygen atoms in total. The van der Waals surface area contributed by atoms with Crippen molar-refractivity contribution in [2.24, 2.45) is 0 Å². The minimum atomic E-state index is -1.30. The van der Waals surface area contributed by atoms with Crippen molar-refractivity contribution in [3.8, 4) is 0 Å². The summed E-state index contributed by atoms with van der Waals surface area (Å²) in [6, 6.07) is 4.94. The standard InChI is InChI=1S/C18H30Si/c1-13-11-14-16(15(12-13)19(6,7)8)18(4,5)10-9-17(14,2)3/h11-12H,9-10H2,1-8H3. The van der Waals surface area contributed by atoms with E-state index in [0.717, 1.165) is 0 Å². The Morgan fingerprint density at radius 1 is 0.895 bits per heavy atom. The quantitative estimate of drug-likeness (QED) is 0.640. The molecule has 0 saturated carbocycles. The largest absolute Gasteiger partial charge is 0.0780 e. The topological polar surface area (TPSA) is 0 Å². The zero-order chi connectivity index (χ0) is 14.6. The third-order valence-electron chi connectivity index (χ3n) is 4.87. The van der Waals surface area contributed by atoms with Gasteiger partial charge in [0.2, 0.25) is 0 Å². The molecule has 1 aromatic rings. The van der Waals surface area contributed by atoms with Crippen LogP contribution in [0.4, 0.5) is 0 Å². The molecule has 1 aliphatic carbocycles. The van der Waals surface area contributed by atoms with Crippen LogP contribution in [0, 0.1) is 6.92 Å². The van der Waals surface area contributed by atoms with E-state index in [4.69, 9.17) is 0 Å². The summed E-state index contributed by atoms with van der Waals surface area (Å²) >= 11 is 0. The number of hydrogen-bond acceptors (Lipinski definition) is 0. The molecule has 0 saturated heterocycles. The second-order valence-corrected chi connectivity index (χ2v) is 13.8. The Kier molecular flexibility index (Phi) is 3.29. The highest BCUT2D eigenvalue weighted by atomic mass is 28.3. The van der Waals surface area contributed by atoms with Crippen molar-refractivity contribution in [2.45, 2.75) is 77.9 Å². The van der Waals surface area contributed by atoms with Crippen molar-refractivity contribution in [3.05, 3.63) is 28.8 Å². The molecule has 0 unspecified atom stereocenters. The van der Waals surface area contributed by atoms with Gasteiger partial charge in [0.15, 0.2) is 0 Å². The maximum atomic E-state index is 2.49. The molecule has 0 spiro atoms. The van der Waals surface area contributed by atoms with Crippen LogP contribution < -0.4 is 5.19 Å². The van der Waals surface area contributed by atoms with E-state index in [2.05, 4.69) is 66.4 Å². The minimum Gasteiger partial charge on any atom is -0.0656 e. The molecule has 0 fully saturated rings. The SMILES string of the molecule is Cc1cc2c(c([Si](C)(C)C)c1)C(C)(C)CCC2(C)C. The Labute approximate surface area is 120 Å². The molecule has 1 heteroatoms. The van der Waals surface area contributed by atoms with E-state index in [1.165, 1.54) is 18.4 Å². The fraction of sp³-hybridized carbons (Fsp3) is 0.667. The monoisotopic (exact) mass is 274 g/mol. The van der Waals surface area contributed by atoms with Crippen LogP contribution in [0.1, 0.15) is 57.2 Å². The van der Waals surface area contributed by atoms with E-state index in [1.807, 2.05) is 0 Å². The van der Waals surface area contributed by atoms with Crippen LogP contribution in [0.25, 0.3) is 0 Å². The third-order valence-corrected chi connectivity index (χ3v) is 6.88. The molecule has 0 heterocycles. The maximum absolute atomic E-state index is 2.49. The first-order chi connectivity index (χ1) is 8.45. The smallest absolute Gasteiger partial charge is 0.0656 e. The lowest BCUT2D eigenvalue weighted by Crippen LogP contribution is -2.48. The molecule has 0 bridgehead atoms. The number of fused-ring (bicyclic) bond motifs is 1. The van der Waals surface area contributed by atoms with Gasteiger partial charge in [0, 0.05) is 0 Å². The van der Waals surface area contributed by atoms with Crippen LogP contribution in [0.3, 0.4) is 0 Å². The molecule has 1 aliphatic rings. The summed E-state index contributed by atoms with van der Waals surface area (Å²) in [6.45, 7) is 19.5. The van der Waals surface area contributed by atoms with Crippen molar-refractivity contribution in [1.82, 2.24) is 0 Å². The molecule has 2 rings (SSSR count). The van der Waals surface area contributed by atoms with E-state index in [-0.39, 0.29) is 0 Å². The predicted molar refractivity (Wildman–Crippen MR) is 89.4 cm³/mol. The molecular weight excluding hydrogens is 244 g/mol. The molecule has 106 valence electrons. The number of rotatable bonds is 1. The number of hydrogen-bond donors (Lipinski definition) is 0. The molecule has 0 N–H and O–H groups in total. The molecule has 1 aromatic carbocycles. The Morgan fingerprint density at radius 3 is 1.95 bits per heavy atom. The zero-order valence-corrected chi connectivity index (χ0v) is 15.1. The molecule has 19 heavy (non-hydrogen) atoms. The maximum Gasteiger partial charge on any atom is 0.0780 e. The van der Waals surface area contributed by atoms with Gasteiger partial charge < -0.3 is 0 Å². The van der Waals surface area contributed by atoms with Crippen LogP contribution in [0.2, 0.25) is 19.6 Å². The van der Waals surface area contributed by atoms with Gasteiger partial charge in [-0.25, -0.2) is 0 Å². The fourth-order valence-corrected chi connectivity index (χ4v) is 5.41. The molecule has 0 amide bonds. The highest BCUT2D eigenvalue weighted by molar-refractivity contribution is 6.89. The summed E-state index contributed by atoms with van der Waals surface area (Å²) in [7, 11) is -1.30. The lowest BCUT2D eigenvalue weighted by Gasteiger charge is -2.45. The van der Waals surface area contributed by atoms with Gasteiger partial charge in [-0.2, -0.15) is 0 Å². The van der Waals surface area contributed by atoms with Crippen molar-refractivity contribution in [2.75, 3.05) is 0 Å². The van der Waals surface area contributed by atoms with Crippen molar-refractivity contribution in [1.29, 1.82) is 0 Å². The Hall–Kier alpha value is -0.563. The second-order valence-electron chi connectivity index (χ2n) is 8.75. The highest BCUT2D eigenvalue weighted by Crippen LogP contribution is 2.45.